The van der Waals surface area contributed by atoms with E-state index in [-0.39, 0.29) is 11.9 Å². The molecule has 0 amide bonds. The van der Waals surface area contributed by atoms with Gasteiger partial charge < -0.3 is 10.1 Å². The lowest BCUT2D eigenvalue weighted by Gasteiger charge is -2.08. The van der Waals surface area contributed by atoms with Gasteiger partial charge in [0, 0.05) is 19.3 Å². The number of carbonyl (C=O) groups excluding carboxylic acids is 1. The van der Waals surface area contributed by atoms with E-state index in [2.05, 4.69) is 10.4 Å². The lowest BCUT2D eigenvalue weighted by Crippen LogP contribution is -2.29. The van der Waals surface area contributed by atoms with Crippen molar-refractivity contribution in [1.29, 1.82) is 0 Å². The highest BCUT2D eigenvalue weighted by Crippen LogP contribution is 2.16. The molecule has 0 radical (unpaired) electrons. The van der Waals surface area contributed by atoms with E-state index in [1.54, 1.807) is 0 Å². The van der Waals surface area contributed by atoms with Crippen LogP contribution in [0.5, 0.6) is 0 Å². The number of nitrogens with one attached hydrogen (secondary N) is 1. The van der Waals surface area contributed by atoms with Gasteiger partial charge in [0.25, 0.3) is 0 Å². The molecule has 0 bridgehead atoms. The Morgan fingerprint density at radius 2 is 2.50 bits per heavy atom. The quantitative estimate of drug-likeness (QED) is 0.783. The minimum atomic E-state index is 0.139. The third-order valence-electron chi connectivity index (χ3n) is 3.13. The monoisotopic (exact) mass is 221 g/mol. The molecule has 2 aliphatic heterocycles. The van der Waals surface area contributed by atoms with Crippen molar-refractivity contribution in [3.05, 3.63) is 17.5 Å². The van der Waals surface area contributed by atoms with Crippen LogP contribution in [0.3, 0.4) is 0 Å². The van der Waals surface area contributed by atoms with Crippen molar-refractivity contribution in [2.24, 2.45) is 0 Å². The van der Waals surface area contributed by atoms with Crippen LogP contribution < -0.4 is 5.32 Å². The Labute approximate surface area is 93.8 Å². The Hall–Kier alpha value is -1.20. The van der Waals surface area contributed by atoms with E-state index in [4.69, 9.17) is 4.74 Å². The Kier molecular flexibility index (Phi) is 2.49. The molecule has 1 unspecified atom stereocenters. The molecule has 1 atom stereocenters. The van der Waals surface area contributed by atoms with Crippen LogP contribution >= 0.6 is 0 Å². The van der Waals surface area contributed by atoms with Gasteiger partial charge in [-0.2, -0.15) is 5.10 Å². The number of nitrogens with zero attached hydrogens (tertiary/aromatic N) is 2. The minimum absolute atomic E-state index is 0.139. The molecule has 1 aromatic rings. The van der Waals surface area contributed by atoms with E-state index >= 15 is 0 Å². The first-order valence-electron chi connectivity index (χ1n) is 5.75. The summed E-state index contributed by atoms with van der Waals surface area (Å²) in [6.07, 6.45) is 4.35. The summed E-state index contributed by atoms with van der Waals surface area (Å²) in [6, 6.07) is 0. The molecule has 5 heteroatoms. The summed E-state index contributed by atoms with van der Waals surface area (Å²) in [7, 11) is 0. The van der Waals surface area contributed by atoms with Gasteiger partial charge in [-0.3, -0.25) is 9.48 Å². The van der Waals surface area contributed by atoms with Gasteiger partial charge in [-0.05, 0) is 12.8 Å². The third-order valence-corrected chi connectivity index (χ3v) is 3.13. The molecule has 0 spiro atoms. The first-order valence-corrected chi connectivity index (χ1v) is 5.75. The Bertz CT molecular complexity index is 407. The average Bonchev–Trinajstić information content (AvgIpc) is 2.88. The van der Waals surface area contributed by atoms with Crippen LogP contribution in [-0.4, -0.2) is 34.8 Å². The van der Waals surface area contributed by atoms with E-state index in [1.807, 2.05) is 10.9 Å². The normalized spacial score (nSPS) is 24.8. The summed E-state index contributed by atoms with van der Waals surface area (Å²) in [4.78, 5) is 11.6. The van der Waals surface area contributed by atoms with Crippen LogP contribution in [0, 0.1) is 0 Å². The molecule has 16 heavy (non-hydrogen) atoms. The van der Waals surface area contributed by atoms with Gasteiger partial charge >= 0.3 is 0 Å². The number of ketones is 1. The third kappa shape index (κ3) is 1.76. The number of fused-ring (bicyclic) bond motifs is 1. The predicted octanol–water partition coefficient (Wildman–Crippen LogP) is 0.348. The highest BCUT2D eigenvalue weighted by molar-refractivity contribution is 5.99. The average molecular weight is 221 g/mol. The van der Waals surface area contributed by atoms with Gasteiger partial charge in [0.1, 0.15) is 0 Å². The van der Waals surface area contributed by atoms with E-state index in [1.165, 1.54) is 0 Å². The van der Waals surface area contributed by atoms with Gasteiger partial charge in [0.05, 0.1) is 30.5 Å². The lowest BCUT2D eigenvalue weighted by atomic mass is 10.1. The molecule has 1 N–H and O–H groups in total. The summed E-state index contributed by atoms with van der Waals surface area (Å²) < 4.78 is 7.41. The van der Waals surface area contributed by atoms with Crippen LogP contribution in [0.25, 0.3) is 0 Å². The second-order valence-electron chi connectivity index (χ2n) is 4.37. The second-order valence-corrected chi connectivity index (χ2v) is 4.37. The summed E-state index contributed by atoms with van der Waals surface area (Å²) in [5, 5.41) is 7.46. The zero-order chi connectivity index (χ0) is 11.0. The van der Waals surface area contributed by atoms with Crippen molar-refractivity contribution in [2.45, 2.75) is 32.0 Å². The molecule has 86 valence electrons. The fourth-order valence-electron chi connectivity index (χ4n) is 2.30. The number of rotatable bonds is 2. The Balaban J connectivity index is 1.78. The summed E-state index contributed by atoms with van der Waals surface area (Å²) in [5.41, 5.74) is 1.64. The van der Waals surface area contributed by atoms with Crippen LogP contribution in [0.1, 0.15) is 28.9 Å². The van der Waals surface area contributed by atoms with Crippen molar-refractivity contribution < 1.29 is 9.53 Å². The topological polar surface area (TPSA) is 56.2 Å². The zero-order valence-corrected chi connectivity index (χ0v) is 9.11. The first-order chi connectivity index (χ1) is 7.83. The van der Waals surface area contributed by atoms with Crippen molar-refractivity contribution in [1.82, 2.24) is 15.1 Å². The molecule has 1 fully saturated rings. The van der Waals surface area contributed by atoms with Crippen molar-refractivity contribution in [3.8, 4) is 0 Å². The lowest BCUT2D eigenvalue weighted by molar-refractivity contribution is 0.0937. The molecule has 2 aliphatic rings. The van der Waals surface area contributed by atoms with Crippen molar-refractivity contribution in [3.63, 3.8) is 0 Å². The van der Waals surface area contributed by atoms with Gasteiger partial charge in [-0.15, -0.1) is 0 Å². The SMILES string of the molecule is O=C1CNCc2nn(CC3CCCO3)cc21. The van der Waals surface area contributed by atoms with E-state index in [9.17, 15) is 4.79 Å². The maximum absolute atomic E-state index is 11.6. The smallest absolute Gasteiger partial charge is 0.180 e. The summed E-state index contributed by atoms with van der Waals surface area (Å²) >= 11 is 0. The fraction of sp³-hybridized carbons (Fsp3) is 0.636. The van der Waals surface area contributed by atoms with E-state index in [0.717, 1.165) is 37.3 Å². The zero-order valence-electron chi connectivity index (χ0n) is 9.11. The minimum Gasteiger partial charge on any atom is -0.376 e. The molecule has 3 rings (SSSR count). The molecule has 1 aromatic heterocycles. The first kappa shape index (κ1) is 9.99. The highest BCUT2D eigenvalue weighted by Gasteiger charge is 2.22. The molecular weight excluding hydrogens is 206 g/mol. The number of carbonyl (C=O) groups is 1. The van der Waals surface area contributed by atoms with Crippen LogP contribution in [0.2, 0.25) is 0 Å². The standard InChI is InChI=1S/C11H15N3O2/c15-11-5-12-4-10-9(11)7-14(13-10)6-8-2-1-3-16-8/h7-8,12H,1-6H2. The molecule has 0 aliphatic carbocycles. The van der Waals surface area contributed by atoms with E-state index in [0.29, 0.717) is 13.1 Å². The largest absolute Gasteiger partial charge is 0.376 e. The summed E-state index contributed by atoms with van der Waals surface area (Å²) in [6.45, 7) is 2.74. The number of hydrogen-bond acceptors (Lipinski definition) is 4. The van der Waals surface area contributed by atoms with Gasteiger partial charge in [0.2, 0.25) is 0 Å². The Morgan fingerprint density at radius 3 is 3.25 bits per heavy atom. The fourth-order valence-corrected chi connectivity index (χ4v) is 2.30. The molecule has 5 nitrogen and oxygen atoms in total. The molecule has 0 aromatic carbocycles. The van der Waals surface area contributed by atoms with Crippen LogP contribution in [-0.2, 0) is 17.8 Å². The number of hydrogen-bond donors (Lipinski definition) is 1. The van der Waals surface area contributed by atoms with Gasteiger partial charge in [-0.1, -0.05) is 0 Å². The molecular formula is C11H15N3O2. The highest BCUT2D eigenvalue weighted by atomic mass is 16.5. The van der Waals surface area contributed by atoms with Crippen LogP contribution in [0.15, 0.2) is 6.20 Å². The van der Waals surface area contributed by atoms with Crippen molar-refractivity contribution in [2.75, 3.05) is 13.2 Å². The molecule has 1 saturated heterocycles. The van der Waals surface area contributed by atoms with Crippen LogP contribution in [0.4, 0.5) is 0 Å². The van der Waals surface area contributed by atoms with Gasteiger partial charge in [0.15, 0.2) is 5.78 Å². The maximum atomic E-state index is 11.6. The van der Waals surface area contributed by atoms with Gasteiger partial charge in [-0.25, -0.2) is 0 Å². The maximum Gasteiger partial charge on any atom is 0.180 e. The summed E-state index contributed by atoms with van der Waals surface area (Å²) in [5.74, 6) is 0.139. The molecule has 3 heterocycles. The number of Topliss-reactive ketones (excluding diaryl/α,β-unsaturated/α-hetero) is 1. The van der Waals surface area contributed by atoms with E-state index < -0.39 is 0 Å². The number of aromatic nitrogens is 2. The molecule has 0 saturated carbocycles. The second kappa shape index (κ2) is 3.99. The van der Waals surface area contributed by atoms with Crippen molar-refractivity contribution >= 4 is 5.78 Å². The Morgan fingerprint density at radius 1 is 1.56 bits per heavy atom. The number of ether oxygens (including phenoxy) is 1. The predicted molar refractivity (Wildman–Crippen MR) is 57.2 cm³/mol.